The van der Waals surface area contributed by atoms with Crippen LogP contribution in [-0.2, 0) is 11.2 Å². The molecule has 1 heterocycles. The van der Waals surface area contributed by atoms with Gasteiger partial charge in [0.15, 0.2) is 6.61 Å². The Kier molecular flexibility index (Phi) is 6.99. The smallest absolute Gasteiger partial charge is 0.262 e. The Balaban J connectivity index is 1.41. The van der Waals surface area contributed by atoms with Crippen molar-refractivity contribution in [2.24, 2.45) is 0 Å². The number of hydrogen-bond donors (Lipinski definition) is 1. The minimum absolute atomic E-state index is 0.0252. The van der Waals surface area contributed by atoms with Crippen molar-refractivity contribution < 1.29 is 18.7 Å². The average Bonchev–Trinajstić information content (AvgIpc) is 2.92. The summed E-state index contributed by atoms with van der Waals surface area (Å²) in [5.41, 5.74) is 5.41. The number of aryl methyl sites for hydroxylation is 1. The van der Waals surface area contributed by atoms with Crippen LogP contribution in [0, 0.1) is 12.7 Å². The van der Waals surface area contributed by atoms with Crippen LogP contribution in [0.4, 0.5) is 10.1 Å². The van der Waals surface area contributed by atoms with Gasteiger partial charge in [-0.2, -0.15) is 0 Å². The Bertz CT molecular complexity index is 1420. The third-order valence-electron chi connectivity index (χ3n) is 6.48. The molecule has 1 aliphatic heterocycles. The first-order chi connectivity index (χ1) is 18.0. The highest BCUT2D eigenvalue weighted by atomic mass is 19.1. The summed E-state index contributed by atoms with van der Waals surface area (Å²) in [6.07, 6.45) is 0.724. The zero-order chi connectivity index (χ0) is 25.8. The number of fused-ring (bicyclic) bond motifs is 1. The van der Waals surface area contributed by atoms with Crippen molar-refractivity contribution in [3.05, 3.63) is 131 Å². The van der Waals surface area contributed by atoms with Gasteiger partial charge in [0.25, 0.3) is 11.8 Å². The molecule has 2 amide bonds. The topological polar surface area (TPSA) is 58.6 Å². The first-order valence-electron chi connectivity index (χ1n) is 12.2. The molecular weight excluding hydrogens is 467 g/mol. The summed E-state index contributed by atoms with van der Waals surface area (Å²) < 4.78 is 18.9. The third-order valence-corrected chi connectivity index (χ3v) is 6.48. The molecule has 0 saturated heterocycles. The van der Waals surface area contributed by atoms with E-state index in [0.717, 1.165) is 28.7 Å². The Hall–Kier alpha value is -4.45. The summed E-state index contributed by atoms with van der Waals surface area (Å²) >= 11 is 0. The molecular formula is C31H27FN2O3. The van der Waals surface area contributed by atoms with Gasteiger partial charge in [0.05, 0.1) is 6.04 Å². The second kappa shape index (κ2) is 10.7. The van der Waals surface area contributed by atoms with Crippen LogP contribution in [0.2, 0.25) is 0 Å². The predicted octanol–water partition coefficient (Wildman–Crippen LogP) is 5.94. The summed E-state index contributed by atoms with van der Waals surface area (Å²) in [5.74, 6) is -0.200. The second-order valence-corrected chi connectivity index (χ2v) is 9.14. The summed E-state index contributed by atoms with van der Waals surface area (Å²) in [4.78, 5) is 27.9. The van der Waals surface area contributed by atoms with Crippen molar-refractivity contribution in [3.8, 4) is 5.75 Å². The standard InChI is InChI=1S/C31H27FN2O3/c1-21-6-5-9-24(18-21)30-28-19-27(37-20-29(35)33-26-13-11-25(32)12-14-26)15-10-22(28)16-17-34(30)31(36)23-7-3-2-4-8-23/h2-15,18-19,30H,16-17,20H2,1H3,(H,33,35)/t30-/m1/s1. The largest absolute Gasteiger partial charge is 0.484 e. The number of carbonyl (C=O) groups excluding carboxylic acids is 2. The highest BCUT2D eigenvalue weighted by Gasteiger charge is 2.33. The van der Waals surface area contributed by atoms with Gasteiger partial charge < -0.3 is 15.0 Å². The monoisotopic (exact) mass is 494 g/mol. The van der Waals surface area contributed by atoms with Crippen LogP contribution < -0.4 is 10.1 Å². The SMILES string of the molecule is Cc1cccc([C@@H]2c3cc(OCC(=O)Nc4ccc(F)cc4)ccc3CCN2C(=O)c2ccccc2)c1. The third kappa shape index (κ3) is 5.54. The van der Waals surface area contributed by atoms with E-state index in [1.807, 2.05) is 78.6 Å². The van der Waals surface area contributed by atoms with Gasteiger partial charge in [-0.25, -0.2) is 4.39 Å². The molecule has 6 heteroatoms. The van der Waals surface area contributed by atoms with Gasteiger partial charge >= 0.3 is 0 Å². The Morgan fingerprint density at radius 3 is 2.49 bits per heavy atom. The lowest BCUT2D eigenvalue weighted by molar-refractivity contribution is -0.118. The number of nitrogens with zero attached hydrogens (tertiary/aromatic N) is 1. The fourth-order valence-corrected chi connectivity index (χ4v) is 4.73. The van der Waals surface area contributed by atoms with Crippen LogP contribution in [0.5, 0.6) is 5.75 Å². The summed E-state index contributed by atoms with van der Waals surface area (Å²) in [5, 5.41) is 2.70. The number of anilines is 1. The first-order valence-corrected chi connectivity index (χ1v) is 12.2. The lowest BCUT2D eigenvalue weighted by Gasteiger charge is -2.38. The predicted molar refractivity (Wildman–Crippen MR) is 141 cm³/mol. The van der Waals surface area contributed by atoms with Gasteiger partial charge in [0.2, 0.25) is 0 Å². The molecule has 5 nitrogen and oxygen atoms in total. The first kappa shape index (κ1) is 24.3. The number of carbonyl (C=O) groups is 2. The van der Waals surface area contributed by atoms with Crippen molar-refractivity contribution in [1.29, 1.82) is 0 Å². The molecule has 5 rings (SSSR count). The van der Waals surface area contributed by atoms with Crippen LogP contribution in [0.15, 0.2) is 97.1 Å². The number of hydrogen-bond acceptors (Lipinski definition) is 3. The molecule has 1 aliphatic rings. The maximum absolute atomic E-state index is 13.6. The van der Waals surface area contributed by atoms with E-state index in [1.54, 1.807) is 0 Å². The van der Waals surface area contributed by atoms with Gasteiger partial charge in [0.1, 0.15) is 11.6 Å². The van der Waals surface area contributed by atoms with Gasteiger partial charge in [-0.05, 0) is 78.6 Å². The minimum Gasteiger partial charge on any atom is -0.484 e. The van der Waals surface area contributed by atoms with Crippen LogP contribution in [0.25, 0.3) is 0 Å². The Morgan fingerprint density at radius 1 is 0.946 bits per heavy atom. The maximum atomic E-state index is 13.6. The Labute approximate surface area is 215 Å². The van der Waals surface area contributed by atoms with Crippen molar-refractivity contribution in [1.82, 2.24) is 4.90 Å². The fourth-order valence-electron chi connectivity index (χ4n) is 4.73. The summed E-state index contributed by atoms with van der Waals surface area (Å²) in [6.45, 7) is 2.44. The number of rotatable bonds is 6. The highest BCUT2D eigenvalue weighted by molar-refractivity contribution is 5.95. The second-order valence-electron chi connectivity index (χ2n) is 9.14. The quantitative estimate of drug-likeness (QED) is 0.361. The summed E-state index contributed by atoms with van der Waals surface area (Å²) in [6, 6.07) is 28.6. The molecule has 0 spiro atoms. The van der Waals surface area contributed by atoms with Crippen molar-refractivity contribution in [2.75, 3.05) is 18.5 Å². The molecule has 0 aliphatic carbocycles. The van der Waals surface area contributed by atoms with Gasteiger partial charge in [-0.15, -0.1) is 0 Å². The molecule has 0 bridgehead atoms. The molecule has 4 aromatic rings. The van der Waals surface area contributed by atoms with E-state index >= 15 is 0 Å². The van der Waals surface area contributed by atoms with E-state index in [-0.39, 0.29) is 30.3 Å². The molecule has 0 aromatic heterocycles. The molecule has 0 unspecified atom stereocenters. The maximum Gasteiger partial charge on any atom is 0.262 e. The van der Waals surface area contributed by atoms with E-state index in [4.69, 9.17) is 4.74 Å². The Morgan fingerprint density at radius 2 is 1.73 bits per heavy atom. The van der Waals surface area contributed by atoms with Crippen molar-refractivity contribution in [3.63, 3.8) is 0 Å². The average molecular weight is 495 g/mol. The van der Waals surface area contributed by atoms with E-state index in [1.165, 1.54) is 24.3 Å². The number of ether oxygens (including phenoxy) is 1. The molecule has 1 atom stereocenters. The van der Waals surface area contributed by atoms with Gasteiger partial charge in [-0.1, -0.05) is 54.1 Å². The van der Waals surface area contributed by atoms with Crippen LogP contribution >= 0.6 is 0 Å². The lowest BCUT2D eigenvalue weighted by Crippen LogP contribution is -2.40. The number of nitrogens with one attached hydrogen (secondary N) is 1. The van der Waals surface area contributed by atoms with E-state index in [2.05, 4.69) is 11.4 Å². The number of halogens is 1. The van der Waals surface area contributed by atoms with E-state index in [0.29, 0.717) is 23.5 Å². The van der Waals surface area contributed by atoms with E-state index in [9.17, 15) is 14.0 Å². The molecule has 0 saturated carbocycles. The summed E-state index contributed by atoms with van der Waals surface area (Å²) in [7, 11) is 0. The molecule has 0 radical (unpaired) electrons. The zero-order valence-electron chi connectivity index (χ0n) is 20.5. The van der Waals surface area contributed by atoms with Crippen molar-refractivity contribution >= 4 is 17.5 Å². The molecule has 0 fully saturated rings. The zero-order valence-corrected chi connectivity index (χ0v) is 20.5. The molecule has 4 aromatic carbocycles. The van der Waals surface area contributed by atoms with Crippen LogP contribution in [-0.4, -0.2) is 29.9 Å². The molecule has 1 N–H and O–H groups in total. The van der Waals surface area contributed by atoms with Crippen molar-refractivity contribution in [2.45, 2.75) is 19.4 Å². The fraction of sp³-hybridized carbons (Fsp3) is 0.161. The lowest BCUT2D eigenvalue weighted by atomic mass is 9.87. The molecule has 186 valence electrons. The number of amides is 2. The normalized spacial score (nSPS) is 14.5. The minimum atomic E-state index is -0.369. The van der Waals surface area contributed by atoms with Crippen LogP contribution in [0.1, 0.15) is 38.7 Å². The highest BCUT2D eigenvalue weighted by Crippen LogP contribution is 2.38. The number of benzene rings is 4. The molecule has 37 heavy (non-hydrogen) atoms. The van der Waals surface area contributed by atoms with Gasteiger partial charge in [0, 0.05) is 17.8 Å². The van der Waals surface area contributed by atoms with Gasteiger partial charge in [-0.3, -0.25) is 9.59 Å². The van der Waals surface area contributed by atoms with Crippen LogP contribution in [0.3, 0.4) is 0 Å². The van der Waals surface area contributed by atoms with E-state index < -0.39 is 0 Å².